The van der Waals surface area contributed by atoms with E-state index in [-0.39, 0.29) is 6.54 Å². The van der Waals surface area contributed by atoms with Crippen molar-refractivity contribution >= 4 is 5.78 Å². The fourth-order valence-corrected chi connectivity index (χ4v) is 0.964. The Bertz CT molecular complexity index is 395. The lowest BCUT2D eigenvalue weighted by Gasteiger charge is -2.16. The Morgan fingerprint density at radius 2 is 1.94 bits per heavy atom. The molecule has 0 fully saturated rings. The maximum absolute atomic E-state index is 12.6. The van der Waals surface area contributed by atoms with Gasteiger partial charge in [0, 0.05) is 12.7 Å². The zero-order valence-electron chi connectivity index (χ0n) is 8.05. The van der Waals surface area contributed by atoms with Crippen LogP contribution in [0.3, 0.4) is 0 Å². The first kappa shape index (κ1) is 12.6. The van der Waals surface area contributed by atoms with E-state index in [2.05, 4.69) is 5.10 Å². The second-order valence-electron chi connectivity index (χ2n) is 2.99. The number of nitrogens with zero attached hydrogens (tertiary/aromatic N) is 2. The van der Waals surface area contributed by atoms with Crippen LogP contribution in [-0.2, 0) is 6.54 Å². The van der Waals surface area contributed by atoms with Gasteiger partial charge in [0.15, 0.2) is 0 Å². The molecule has 1 aromatic heterocycles. The Balaban J connectivity index is 3.02. The number of hydrogen-bond acceptors (Lipinski definition) is 2. The van der Waals surface area contributed by atoms with Gasteiger partial charge in [0.1, 0.15) is 0 Å². The van der Waals surface area contributed by atoms with Gasteiger partial charge >= 0.3 is 12.1 Å². The molecule has 0 saturated carbocycles. The van der Waals surface area contributed by atoms with E-state index < -0.39 is 23.4 Å². The van der Waals surface area contributed by atoms with Gasteiger partial charge in [0.2, 0.25) is 5.78 Å². The van der Waals surface area contributed by atoms with Crippen molar-refractivity contribution in [1.29, 1.82) is 0 Å². The molecule has 90 valence electrons. The molecule has 0 spiro atoms. The van der Waals surface area contributed by atoms with Crippen LogP contribution < -0.4 is 0 Å². The number of alkyl halides is 5. The van der Waals surface area contributed by atoms with Gasteiger partial charge < -0.3 is 0 Å². The number of rotatable bonds is 3. The standard InChI is InChI=1S/C8H7F5N2O/c1-2-15-4-5(3-14-15)6(16)7(9,10)8(11,12)13/h3-4H,2H2,1H3. The zero-order valence-corrected chi connectivity index (χ0v) is 8.05. The predicted molar refractivity (Wildman–Crippen MR) is 43.2 cm³/mol. The van der Waals surface area contributed by atoms with E-state index in [0.29, 0.717) is 6.20 Å². The molecule has 8 heteroatoms. The molecule has 3 nitrogen and oxygen atoms in total. The first-order valence-corrected chi connectivity index (χ1v) is 4.22. The SMILES string of the molecule is CCn1cc(C(=O)C(F)(F)C(F)(F)F)cn1. The van der Waals surface area contributed by atoms with Crippen molar-refractivity contribution in [3.8, 4) is 0 Å². The van der Waals surface area contributed by atoms with Gasteiger partial charge in [-0.3, -0.25) is 9.48 Å². The molecule has 0 amide bonds. The Kier molecular flexibility index (Phi) is 3.02. The van der Waals surface area contributed by atoms with Crippen molar-refractivity contribution in [3.05, 3.63) is 18.0 Å². The van der Waals surface area contributed by atoms with Crippen LogP contribution in [0.25, 0.3) is 0 Å². The lowest BCUT2D eigenvalue weighted by Crippen LogP contribution is -2.43. The van der Waals surface area contributed by atoms with Crippen LogP contribution >= 0.6 is 0 Å². The summed E-state index contributed by atoms with van der Waals surface area (Å²) in [5.41, 5.74) is -0.760. The predicted octanol–water partition coefficient (Wildman–Crippen LogP) is 2.28. The number of halogens is 5. The van der Waals surface area contributed by atoms with Crippen molar-refractivity contribution in [1.82, 2.24) is 9.78 Å². The maximum Gasteiger partial charge on any atom is 0.461 e. The molecule has 0 saturated heterocycles. The van der Waals surface area contributed by atoms with Crippen molar-refractivity contribution in [2.24, 2.45) is 0 Å². The van der Waals surface area contributed by atoms with E-state index in [1.165, 1.54) is 0 Å². The summed E-state index contributed by atoms with van der Waals surface area (Å²) in [6, 6.07) is 0. The number of ketones is 1. The Hall–Kier alpha value is -1.47. The first-order chi connectivity index (χ1) is 7.20. The molecule has 16 heavy (non-hydrogen) atoms. The molecular weight excluding hydrogens is 235 g/mol. The van der Waals surface area contributed by atoms with Gasteiger partial charge in [-0.2, -0.15) is 27.1 Å². The van der Waals surface area contributed by atoms with E-state index in [0.717, 1.165) is 10.9 Å². The fraction of sp³-hybridized carbons (Fsp3) is 0.500. The highest BCUT2D eigenvalue weighted by atomic mass is 19.4. The Morgan fingerprint density at radius 3 is 2.31 bits per heavy atom. The molecule has 0 unspecified atom stereocenters. The van der Waals surface area contributed by atoms with Crippen LogP contribution in [0.1, 0.15) is 17.3 Å². The molecule has 0 radical (unpaired) electrons. The number of Topliss-reactive ketones (excluding diaryl/α,β-unsaturated/α-hetero) is 1. The summed E-state index contributed by atoms with van der Waals surface area (Å²) in [4.78, 5) is 10.9. The van der Waals surface area contributed by atoms with Crippen LogP contribution in [0.4, 0.5) is 22.0 Å². The topological polar surface area (TPSA) is 34.9 Å². The van der Waals surface area contributed by atoms with Crippen LogP contribution in [-0.4, -0.2) is 27.7 Å². The summed E-state index contributed by atoms with van der Waals surface area (Å²) in [5, 5.41) is 3.45. The molecule has 0 aliphatic carbocycles. The zero-order chi connectivity index (χ0) is 12.6. The highest BCUT2D eigenvalue weighted by Crippen LogP contribution is 2.37. The summed E-state index contributed by atoms with van der Waals surface area (Å²) >= 11 is 0. The van der Waals surface area contributed by atoms with Crippen LogP contribution in [0.2, 0.25) is 0 Å². The van der Waals surface area contributed by atoms with Crippen molar-refractivity contribution in [2.45, 2.75) is 25.6 Å². The summed E-state index contributed by atoms with van der Waals surface area (Å²) in [6.07, 6.45) is -4.36. The third-order valence-corrected chi connectivity index (χ3v) is 1.86. The van der Waals surface area contributed by atoms with Crippen molar-refractivity contribution < 1.29 is 26.7 Å². The smallest absolute Gasteiger partial charge is 0.287 e. The van der Waals surface area contributed by atoms with Crippen LogP contribution in [0.5, 0.6) is 0 Å². The van der Waals surface area contributed by atoms with E-state index >= 15 is 0 Å². The minimum absolute atomic E-state index is 0.269. The minimum Gasteiger partial charge on any atom is -0.287 e. The minimum atomic E-state index is -5.89. The number of aromatic nitrogens is 2. The van der Waals surface area contributed by atoms with Gasteiger partial charge in [0.25, 0.3) is 0 Å². The normalized spacial score (nSPS) is 12.9. The van der Waals surface area contributed by atoms with Gasteiger partial charge in [-0.1, -0.05) is 0 Å². The molecule has 0 aliphatic rings. The Morgan fingerprint density at radius 1 is 1.38 bits per heavy atom. The second kappa shape index (κ2) is 3.84. The largest absolute Gasteiger partial charge is 0.461 e. The molecular formula is C8H7F5N2O. The monoisotopic (exact) mass is 242 g/mol. The maximum atomic E-state index is 12.6. The highest BCUT2D eigenvalue weighted by molar-refractivity contribution is 6.01. The molecule has 0 bridgehead atoms. The van der Waals surface area contributed by atoms with Gasteiger partial charge in [0.05, 0.1) is 11.8 Å². The molecule has 0 atom stereocenters. The number of carbonyl (C=O) groups is 1. The van der Waals surface area contributed by atoms with Gasteiger partial charge in [-0.05, 0) is 6.92 Å². The average Bonchev–Trinajstić information content (AvgIpc) is 2.62. The second-order valence-corrected chi connectivity index (χ2v) is 2.99. The van der Waals surface area contributed by atoms with E-state index in [1.54, 1.807) is 6.92 Å². The number of carbonyl (C=O) groups excluding carboxylic acids is 1. The third-order valence-electron chi connectivity index (χ3n) is 1.86. The molecule has 0 aromatic carbocycles. The fourth-order valence-electron chi connectivity index (χ4n) is 0.964. The van der Waals surface area contributed by atoms with Gasteiger partial charge in [-0.15, -0.1) is 0 Å². The molecule has 1 rings (SSSR count). The highest BCUT2D eigenvalue weighted by Gasteiger charge is 2.63. The number of aryl methyl sites for hydroxylation is 1. The molecule has 1 heterocycles. The van der Waals surface area contributed by atoms with E-state index in [9.17, 15) is 26.7 Å². The summed E-state index contributed by atoms with van der Waals surface area (Å²) in [7, 11) is 0. The summed E-state index contributed by atoms with van der Waals surface area (Å²) < 4.78 is 61.9. The quantitative estimate of drug-likeness (QED) is 0.602. The number of hydrogen-bond donors (Lipinski definition) is 0. The molecule has 1 aromatic rings. The summed E-state index contributed by atoms with van der Waals surface area (Å²) in [6.45, 7) is 1.87. The lowest BCUT2D eigenvalue weighted by atomic mass is 10.1. The molecule has 0 aliphatic heterocycles. The molecule has 0 N–H and O–H groups in total. The van der Waals surface area contributed by atoms with Crippen LogP contribution in [0, 0.1) is 0 Å². The van der Waals surface area contributed by atoms with E-state index in [4.69, 9.17) is 0 Å². The average molecular weight is 242 g/mol. The van der Waals surface area contributed by atoms with Crippen molar-refractivity contribution in [3.63, 3.8) is 0 Å². The van der Waals surface area contributed by atoms with E-state index in [1.807, 2.05) is 0 Å². The lowest BCUT2D eigenvalue weighted by molar-refractivity contribution is -0.255. The van der Waals surface area contributed by atoms with Crippen molar-refractivity contribution in [2.75, 3.05) is 0 Å². The van der Waals surface area contributed by atoms with Gasteiger partial charge in [-0.25, -0.2) is 0 Å². The van der Waals surface area contributed by atoms with Crippen LogP contribution in [0.15, 0.2) is 12.4 Å². The first-order valence-electron chi connectivity index (χ1n) is 4.22. The summed E-state index contributed by atoms with van der Waals surface area (Å²) in [5.74, 6) is -7.67. The Labute approximate surface area is 86.9 Å². The third kappa shape index (κ3) is 2.05.